The quantitative estimate of drug-likeness (QED) is 0.895. The highest BCUT2D eigenvalue weighted by Crippen LogP contribution is 2.29. The van der Waals surface area contributed by atoms with Crippen LogP contribution in [0.3, 0.4) is 0 Å². The number of carbonyl (C=O) groups excluding carboxylic acids is 2. The van der Waals surface area contributed by atoms with E-state index < -0.39 is 12.1 Å². The summed E-state index contributed by atoms with van der Waals surface area (Å²) in [4.78, 5) is 26.5. The molecule has 0 radical (unpaired) electrons. The second-order valence-corrected chi connectivity index (χ2v) is 6.69. The smallest absolute Gasteiger partial charge is 0.251 e. The average molecular weight is 356 g/mol. The summed E-state index contributed by atoms with van der Waals surface area (Å²) in [5.74, 6) is -0.374. The van der Waals surface area contributed by atoms with Gasteiger partial charge in [0.15, 0.2) is 6.10 Å². The van der Waals surface area contributed by atoms with Crippen molar-refractivity contribution in [1.29, 1.82) is 0 Å². The Morgan fingerprint density at radius 1 is 1.27 bits per heavy atom. The topological polar surface area (TPSA) is 76.5 Å². The number of nitrogens with zero attached hydrogens (tertiary/aromatic N) is 3. The van der Waals surface area contributed by atoms with E-state index in [1.54, 1.807) is 22.8 Å². The van der Waals surface area contributed by atoms with Crippen LogP contribution in [0.25, 0.3) is 0 Å². The van der Waals surface area contributed by atoms with Gasteiger partial charge >= 0.3 is 0 Å². The van der Waals surface area contributed by atoms with Crippen LogP contribution in [0.15, 0.2) is 30.5 Å². The second-order valence-electron chi connectivity index (χ2n) is 6.69. The zero-order valence-corrected chi connectivity index (χ0v) is 15.5. The minimum atomic E-state index is -0.752. The van der Waals surface area contributed by atoms with E-state index in [4.69, 9.17) is 4.74 Å². The van der Waals surface area contributed by atoms with Gasteiger partial charge in [0.1, 0.15) is 6.61 Å². The molecular formula is C19H24N4O3. The third-order valence-corrected chi connectivity index (χ3v) is 4.95. The molecule has 7 heteroatoms. The summed E-state index contributed by atoms with van der Waals surface area (Å²) in [5.41, 5.74) is 3.95. The molecule has 26 heavy (non-hydrogen) atoms. The van der Waals surface area contributed by atoms with E-state index in [9.17, 15) is 9.59 Å². The highest BCUT2D eigenvalue weighted by Gasteiger charge is 2.39. The first kappa shape index (κ1) is 18.1. The fourth-order valence-electron chi connectivity index (χ4n) is 3.09. The molecule has 0 saturated carbocycles. The van der Waals surface area contributed by atoms with Crippen molar-refractivity contribution < 1.29 is 14.3 Å². The molecule has 1 aliphatic rings. The number of hydrogen-bond donors (Lipinski definition) is 1. The zero-order chi connectivity index (χ0) is 18.8. The van der Waals surface area contributed by atoms with Gasteiger partial charge in [-0.2, -0.15) is 5.10 Å². The first-order chi connectivity index (χ1) is 12.4. The number of aryl methyl sites for hydroxylation is 2. The van der Waals surface area contributed by atoms with Gasteiger partial charge in [0, 0.05) is 31.9 Å². The van der Waals surface area contributed by atoms with Crippen LogP contribution in [0.1, 0.15) is 28.4 Å². The first-order valence-electron chi connectivity index (χ1n) is 8.57. The Balaban J connectivity index is 1.78. The summed E-state index contributed by atoms with van der Waals surface area (Å²) in [7, 11) is 3.57. The summed E-state index contributed by atoms with van der Waals surface area (Å²) in [5, 5.41) is 7.09. The molecule has 1 aromatic heterocycles. The maximum Gasteiger partial charge on any atom is 0.251 e. The monoisotopic (exact) mass is 356 g/mol. The maximum absolute atomic E-state index is 12.8. The highest BCUT2D eigenvalue weighted by molar-refractivity contribution is 5.86. The van der Waals surface area contributed by atoms with Crippen molar-refractivity contribution in [1.82, 2.24) is 20.0 Å². The van der Waals surface area contributed by atoms with Crippen LogP contribution in [0.4, 0.5) is 0 Å². The molecule has 1 saturated heterocycles. The Morgan fingerprint density at radius 2 is 1.96 bits per heavy atom. The van der Waals surface area contributed by atoms with Gasteiger partial charge in [-0.3, -0.25) is 14.3 Å². The second kappa shape index (κ2) is 7.29. The van der Waals surface area contributed by atoms with E-state index in [2.05, 4.69) is 10.4 Å². The van der Waals surface area contributed by atoms with Gasteiger partial charge in [-0.25, -0.2) is 0 Å². The lowest BCUT2D eigenvalue weighted by molar-refractivity contribution is -0.162. The SMILES string of the molecule is Cc1ccc([C@H]2[C@@H](C(=O)NCc3cnn(C)c3C)OCC(=O)N2C)cc1. The number of hydrogen-bond acceptors (Lipinski definition) is 4. The van der Waals surface area contributed by atoms with E-state index in [-0.39, 0.29) is 18.4 Å². The summed E-state index contributed by atoms with van der Waals surface area (Å²) in [6.07, 6.45) is 0.988. The average Bonchev–Trinajstić information content (AvgIpc) is 2.94. The standard InChI is InChI=1S/C19H24N4O3/c1-12-5-7-14(8-6-12)17-18(26-11-16(24)22(17)3)19(25)20-9-15-10-21-23(4)13(15)2/h5-8,10,17-18H,9,11H2,1-4H3,(H,20,25)/t17-,18-/m0/s1. The molecule has 2 aromatic rings. The number of amides is 2. The molecule has 0 spiro atoms. The lowest BCUT2D eigenvalue weighted by atomic mass is 9.96. The third-order valence-electron chi connectivity index (χ3n) is 4.95. The van der Waals surface area contributed by atoms with Crippen LogP contribution in [-0.4, -0.2) is 46.3 Å². The molecule has 3 rings (SSSR count). The number of nitrogens with one attached hydrogen (secondary N) is 1. The van der Waals surface area contributed by atoms with E-state index in [1.165, 1.54) is 0 Å². The summed E-state index contributed by atoms with van der Waals surface area (Å²) >= 11 is 0. The van der Waals surface area contributed by atoms with Gasteiger partial charge in [0.05, 0.1) is 12.2 Å². The van der Waals surface area contributed by atoms with Crippen molar-refractivity contribution in [2.24, 2.45) is 7.05 Å². The van der Waals surface area contributed by atoms with E-state index in [0.717, 1.165) is 22.4 Å². The predicted molar refractivity (Wildman–Crippen MR) is 96.2 cm³/mol. The Bertz CT molecular complexity index is 813. The van der Waals surface area contributed by atoms with Gasteiger partial charge in [0.25, 0.3) is 5.91 Å². The van der Waals surface area contributed by atoms with Gasteiger partial charge < -0.3 is 15.0 Å². The zero-order valence-electron chi connectivity index (χ0n) is 15.5. The Labute approximate surface area is 152 Å². The molecule has 1 N–H and O–H groups in total. The number of rotatable bonds is 4. The van der Waals surface area contributed by atoms with Gasteiger partial charge in [-0.1, -0.05) is 29.8 Å². The Hall–Kier alpha value is -2.67. The molecule has 1 aromatic carbocycles. The van der Waals surface area contributed by atoms with Crippen LogP contribution >= 0.6 is 0 Å². The Kier molecular flexibility index (Phi) is 5.08. The van der Waals surface area contributed by atoms with Gasteiger partial charge in [0.2, 0.25) is 5.91 Å². The molecule has 1 fully saturated rings. The molecule has 2 amide bonds. The summed E-state index contributed by atoms with van der Waals surface area (Å²) < 4.78 is 7.38. The predicted octanol–water partition coefficient (Wildman–Crippen LogP) is 1.25. The largest absolute Gasteiger partial charge is 0.356 e. The lowest BCUT2D eigenvalue weighted by Gasteiger charge is -2.38. The number of benzene rings is 1. The third kappa shape index (κ3) is 3.48. The van der Waals surface area contributed by atoms with Gasteiger partial charge in [-0.15, -0.1) is 0 Å². The molecule has 138 valence electrons. The van der Waals surface area contributed by atoms with Crippen molar-refractivity contribution in [3.05, 3.63) is 52.8 Å². The number of ether oxygens (including phenoxy) is 1. The van der Waals surface area contributed by atoms with Crippen molar-refractivity contribution in [2.75, 3.05) is 13.7 Å². The fourth-order valence-corrected chi connectivity index (χ4v) is 3.09. The van der Waals surface area contributed by atoms with Crippen LogP contribution in [0, 0.1) is 13.8 Å². The van der Waals surface area contributed by atoms with Crippen LogP contribution in [0.5, 0.6) is 0 Å². The molecule has 1 aliphatic heterocycles. The Morgan fingerprint density at radius 3 is 2.58 bits per heavy atom. The van der Waals surface area contributed by atoms with Crippen molar-refractivity contribution in [3.8, 4) is 0 Å². The van der Waals surface area contributed by atoms with E-state index >= 15 is 0 Å². The van der Waals surface area contributed by atoms with Crippen LogP contribution in [-0.2, 0) is 27.9 Å². The number of aromatic nitrogens is 2. The van der Waals surface area contributed by atoms with Crippen molar-refractivity contribution >= 4 is 11.8 Å². The minimum absolute atomic E-state index is 0.0944. The molecule has 7 nitrogen and oxygen atoms in total. The van der Waals surface area contributed by atoms with E-state index in [1.807, 2.05) is 45.2 Å². The normalized spacial score (nSPS) is 20.3. The van der Waals surface area contributed by atoms with Gasteiger partial charge in [-0.05, 0) is 19.4 Å². The first-order valence-corrected chi connectivity index (χ1v) is 8.57. The van der Waals surface area contributed by atoms with Crippen LogP contribution in [0.2, 0.25) is 0 Å². The minimum Gasteiger partial charge on any atom is -0.356 e. The molecule has 0 unspecified atom stereocenters. The molecule has 0 bridgehead atoms. The highest BCUT2D eigenvalue weighted by atomic mass is 16.5. The molecular weight excluding hydrogens is 332 g/mol. The van der Waals surface area contributed by atoms with Crippen LogP contribution < -0.4 is 5.32 Å². The molecule has 0 aliphatic carbocycles. The summed E-state index contributed by atoms with van der Waals surface area (Å²) in [6.45, 7) is 4.23. The van der Waals surface area contributed by atoms with E-state index in [0.29, 0.717) is 6.54 Å². The lowest BCUT2D eigenvalue weighted by Crippen LogP contribution is -2.52. The number of likely N-dealkylation sites (N-methyl/N-ethyl adjacent to an activating group) is 1. The molecule has 2 atom stereocenters. The molecule has 2 heterocycles. The number of morpholine rings is 1. The number of carbonyl (C=O) groups is 2. The maximum atomic E-state index is 12.8. The van der Waals surface area contributed by atoms with Crippen molar-refractivity contribution in [2.45, 2.75) is 32.5 Å². The summed E-state index contributed by atoms with van der Waals surface area (Å²) in [6, 6.07) is 7.35. The van der Waals surface area contributed by atoms with Crippen molar-refractivity contribution in [3.63, 3.8) is 0 Å². The fraction of sp³-hybridized carbons (Fsp3) is 0.421.